The summed E-state index contributed by atoms with van der Waals surface area (Å²) >= 11 is 11.8. The maximum absolute atomic E-state index is 12.2. The molecule has 0 saturated heterocycles. The SMILES string of the molecule is Cc1cc(C)n(Cc2ccc(C(=O)N/N=C/c3ccc(Cl)c(Cl)c3)cc2)n1. The van der Waals surface area contributed by atoms with Gasteiger partial charge in [0.15, 0.2) is 0 Å². The van der Waals surface area contributed by atoms with Crippen LogP contribution >= 0.6 is 23.2 Å². The molecule has 1 N–H and O–H groups in total. The molecule has 5 nitrogen and oxygen atoms in total. The van der Waals surface area contributed by atoms with Gasteiger partial charge in [0, 0.05) is 11.3 Å². The zero-order valence-corrected chi connectivity index (χ0v) is 16.4. The fourth-order valence-corrected chi connectivity index (χ4v) is 2.90. The van der Waals surface area contributed by atoms with E-state index in [1.807, 2.05) is 36.7 Å². The van der Waals surface area contributed by atoms with Gasteiger partial charge in [0.1, 0.15) is 0 Å². The van der Waals surface area contributed by atoms with E-state index >= 15 is 0 Å². The van der Waals surface area contributed by atoms with Crippen molar-refractivity contribution in [3.05, 3.63) is 86.7 Å². The third-order valence-corrected chi connectivity index (χ3v) is 4.71. The lowest BCUT2D eigenvalue weighted by molar-refractivity contribution is 0.0955. The van der Waals surface area contributed by atoms with Gasteiger partial charge >= 0.3 is 0 Å². The van der Waals surface area contributed by atoms with Crippen LogP contribution in [0.1, 0.15) is 32.9 Å². The zero-order chi connectivity index (χ0) is 19.4. The number of aryl methyl sites for hydroxylation is 2. The monoisotopic (exact) mass is 400 g/mol. The first kappa shape index (κ1) is 19.1. The average molecular weight is 401 g/mol. The second kappa shape index (κ2) is 8.37. The molecular weight excluding hydrogens is 383 g/mol. The van der Waals surface area contributed by atoms with E-state index in [9.17, 15) is 4.79 Å². The fourth-order valence-electron chi connectivity index (χ4n) is 2.59. The Balaban J connectivity index is 1.60. The van der Waals surface area contributed by atoms with Crippen LogP contribution in [-0.4, -0.2) is 21.9 Å². The van der Waals surface area contributed by atoms with Crippen LogP contribution in [0.15, 0.2) is 53.6 Å². The average Bonchev–Trinajstić information content (AvgIpc) is 2.95. The molecule has 7 heteroatoms. The molecule has 0 atom stereocenters. The molecule has 1 amide bonds. The van der Waals surface area contributed by atoms with Crippen LogP contribution in [-0.2, 0) is 6.54 Å². The van der Waals surface area contributed by atoms with Crippen LogP contribution in [0.4, 0.5) is 0 Å². The van der Waals surface area contributed by atoms with Gasteiger partial charge in [-0.2, -0.15) is 10.2 Å². The third-order valence-electron chi connectivity index (χ3n) is 3.98. The number of carbonyl (C=O) groups is 1. The van der Waals surface area contributed by atoms with Gasteiger partial charge in [-0.25, -0.2) is 5.43 Å². The van der Waals surface area contributed by atoms with Gasteiger partial charge in [-0.1, -0.05) is 41.4 Å². The molecule has 0 unspecified atom stereocenters. The Kier molecular flexibility index (Phi) is 5.94. The number of rotatable bonds is 5. The third kappa shape index (κ3) is 4.96. The molecular formula is C20H18Cl2N4O. The molecule has 0 spiro atoms. The van der Waals surface area contributed by atoms with Gasteiger partial charge in [0.2, 0.25) is 0 Å². The summed E-state index contributed by atoms with van der Waals surface area (Å²) in [6, 6.07) is 14.5. The van der Waals surface area contributed by atoms with Gasteiger partial charge in [-0.05, 0) is 55.3 Å². The first-order chi connectivity index (χ1) is 12.9. The van der Waals surface area contributed by atoms with Crippen molar-refractivity contribution in [2.75, 3.05) is 0 Å². The van der Waals surface area contributed by atoms with Crippen LogP contribution in [0.25, 0.3) is 0 Å². The number of hydrogen-bond donors (Lipinski definition) is 1. The fraction of sp³-hybridized carbons (Fsp3) is 0.150. The number of nitrogens with one attached hydrogen (secondary N) is 1. The van der Waals surface area contributed by atoms with E-state index in [0.717, 1.165) is 22.5 Å². The number of halogens is 2. The maximum atomic E-state index is 12.2. The van der Waals surface area contributed by atoms with Crippen LogP contribution < -0.4 is 5.43 Å². The van der Waals surface area contributed by atoms with Crippen LogP contribution in [0, 0.1) is 13.8 Å². The molecule has 27 heavy (non-hydrogen) atoms. The number of benzene rings is 2. The van der Waals surface area contributed by atoms with Crippen LogP contribution in [0.2, 0.25) is 10.0 Å². The summed E-state index contributed by atoms with van der Waals surface area (Å²) in [6.45, 7) is 4.65. The van der Waals surface area contributed by atoms with Crippen molar-refractivity contribution in [3.8, 4) is 0 Å². The van der Waals surface area contributed by atoms with E-state index in [1.54, 1.807) is 30.3 Å². The Hall–Kier alpha value is -2.63. The minimum atomic E-state index is -0.288. The maximum Gasteiger partial charge on any atom is 0.271 e. The van der Waals surface area contributed by atoms with E-state index < -0.39 is 0 Å². The van der Waals surface area contributed by atoms with Crippen molar-refractivity contribution >= 4 is 35.3 Å². The predicted octanol–water partition coefficient (Wildman–Crippen LogP) is 4.62. The molecule has 0 bridgehead atoms. The largest absolute Gasteiger partial charge is 0.271 e. The van der Waals surface area contributed by atoms with Crippen molar-refractivity contribution in [1.29, 1.82) is 0 Å². The Morgan fingerprint density at radius 2 is 1.85 bits per heavy atom. The van der Waals surface area contributed by atoms with Crippen molar-refractivity contribution in [1.82, 2.24) is 15.2 Å². The molecule has 3 rings (SSSR count). The predicted molar refractivity (Wildman–Crippen MR) is 109 cm³/mol. The molecule has 0 aliphatic heterocycles. The highest BCUT2D eigenvalue weighted by Crippen LogP contribution is 2.21. The molecule has 2 aromatic carbocycles. The first-order valence-electron chi connectivity index (χ1n) is 8.31. The normalized spacial score (nSPS) is 11.1. The second-order valence-corrected chi connectivity index (χ2v) is 6.97. The van der Waals surface area contributed by atoms with E-state index in [4.69, 9.17) is 23.2 Å². The minimum absolute atomic E-state index is 0.288. The summed E-state index contributed by atoms with van der Waals surface area (Å²) in [5.74, 6) is -0.288. The van der Waals surface area contributed by atoms with Gasteiger partial charge < -0.3 is 0 Å². The number of hydrazone groups is 1. The highest BCUT2D eigenvalue weighted by atomic mass is 35.5. The smallest absolute Gasteiger partial charge is 0.267 e. The summed E-state index contributed by atoms with van der Waals surface area (Å²) < 4.78 is 1.94. The van der Waals surface area contributed by atoms with Crippen LogP contribution in [0.3, 0.4) is 0 Å². The molecule has 138 valence electrons. The number of amides is 1. The van der Waals surface area contributed by atoms with Crippen molar-refractivity contribution in [2.24, 2.45) is 5.10 Å². The number of hydrogen-bond acceptors (Lipinski definition) is 3. The lowest BCUT2D eigenvalue weighted by Crippen LogP contribution is -2.17. The highest BCUT2D eigenvalue weighted by Gasteiger charge is 2.06. The Morgan fingerprint density at radius 1 is 1.11 bits per heavy atom. The van der Waals surface area contributed by atoms with E-state index in [1.165, 1.54) is 6.21 Å². The van der Waals surface area contributed by atoms with E-state index in [-0.39, 0.29) is 5.91 Å². The van der Waals surface area contributed by atoms with E-state index in [0.29, 0.717) is 22.2 Å². The van der Waals surface area contributed by atoms with Crippen molar-refractivity contribution < 1.29 is 4.79 Å². The lowest BCUT2D eigenvalue weighted by atomic mass is 10.1. The summed E-state index contributed by atoms with van der Waals surface area (Å²) in [4.78, 5) is 12.2. The summed E-state index contributed by atoms with van der Waals surface area (Å²) in [7, 11) is 0. The quantitative estimate of drug-likeness (QED) is 0.501. The lowest BCUT2D eigenvalue weighted by Gasteiger charge is -2.06. The second-order valence-electron chi connectivity index (χ2n) is 6.15. The molecule has 0 radical (unpaired) electrons. The van der Waals surface area contributed by atoms with E-state index in [2.05, 4.69) is 15.6 Å². The highest BCUT2D eigenvalue weighted by molar-refractivity contribution is 6.42. The number of carbonyl (C=O) groups excluding carboxylic acids is 1. The molecule has 0 aliphatic carbocycles. The summed E-state index contributed by atoms with van der Waals surface area (Å²) in [6.07, 6.45) is 1.51. The molecule has 0 saturated carbocycles. The topological polar surface area (TPSA) is 59.3 Å². The number of nitrogens with zero attached hydrogens (tertiary/aromatic N) is 3. The molecule has 1 aromatic heterocycles. The Labute approximate surface area is 167 Å². The van der Waals surface area contributed by atoms with Gasteiger partial charge in [0.25, 0.3) is 5.91 Å². The Bertz CT molecular complexity index is 994. The van der Waals surface area contributed by atoms with Gasteiger partial charge in [0.05, 0.1) is 28.5 Å². The summed E-state index contributed by atoms with van der Waals surface area (Å²) in [5.41, 5.74) is 6.93. The Morgan fingerprint density at radius 3 is 2.48 bits per heavy atom. The molecule has 0 fully saturated rings. The van der Waals surface area contributed by atoms with Gasteiger partial charge in [-0.15, -0.1) is 0 Å². The summed E-state index contributed by atoms with van der Waals surface area (Å²) in [5, 5.41) is 9.30. The first-order valence-corrected chi connectivity index (χ1v) is 9.06. The number of aromatic nitrogens is 2. The van der Waals surface area contributed by atoms with Crippen LogP contribution in [0.5, 0.6) is 0 Å². The van der Waals surface area contributed by atoms with Gasteiger partial charge in [-0.3, -0.25) is 9.48 Å². The molecule has 0 aliphatic rings. The van der Waals surface area contributed by atoms with Crippen molar-refractivity contribution in [3.63, 3.8) is 0 Å². The molecule has 3 aromatic rings. The van der Waals surface area contributed by atoms with Crippen molar-refractivity contribution in [2.45, 2.75) is 20.4 Å². The standard InChI is InChI=1S/C20H18Cl2N4O/c1-13-9-14(2)26(25-13)12-15-3-6-17(7-4-15)20(27)24-23-11-16-5-8-18(21)19(22)10-16/h3-11H,12H2,1-2H3,(H,24,27)/b23-11+. The zero-order valence-electron chi connectivity index (χ0n) is 14.9. The minimum Gasteiger partial charge on any atom is -0.267 e. The molecule has 1 heterocycles.